The van der Waals surface area contributed by atoms with Crippen LogP contribution in [0.3, 0.4) is 0 Å². The van der Waals surface area contributed by atoms with E-state index in [2.05, 4.69) is 56.1 Å². The Labute approximate surface area is 189 Å². The lowest BCUT2D eigenvalue weighted by molar-refractivity contribution is -0.152. The molecule has 160 valence electrons. The zero-order chi connectivity index (χ0) is 20.9. The maximum atomic E-state index is 5.55. The van der Waals surface area contributed by atoms with Crippen molar-refractivity contribution in [3.8, 4) is 0 Å². The van der Waals surface area contributed by atoms with E-state index >= 15 is 0 Å². The molecule has 0 aliphatic carbocycles. The highest BCUT2D eigenvalue weighted by Gasteiger charge is 2.10. The van der Waals surface area contributed by atoms with Crippen LogP contribution in [-0.4, -0.2) is 53.2 Å². The van der Waals surface area contributed by atoms with Gasteiger partial charge in [-0.15, -0.1) is 0 Å². The van der Waals surface area contributed by atoms with Crippen molar-refractivity contribution in [3.05, 3.63) is 68.6 Å². The highest BCUT2D eigenvalue weighted by Crippen LogP contribution is 2.14. The molecule has 2 unspecified atom stereocenters. The summed E-state index contributed by atoms with van der Waals surface area (Å²) in [5.41, 5.74) is 2.40. The highest BCUT2D eigenvalue weighted by molar-refractivity contribution is 9.10. The van der Waals surface area contributed by atoms with Crippen molar-refractivity contribution >= 4 is 31.9 Å². The van der Waals surface area contributed by atoms with Crippen LogP contribution in [0, 0.1) is 0 Å². The summed E-state index contributed by atoms with van der Waals surface area (Å²) in [5, 5.41) is 0. The molecular formula is C22H28Br2O5. The molecule has 29 heavy (non-hydrogen) atoms. The van der Waals surface area contributed by atoms with Crippen LogP contribution in [-0.2, 0) is 36.5 Å². The Balaban J connectivity index is 1.56. The average Bonchev–Trinajstić information content (AvgIpc) is 2.74. The topological polar surface area (TPSA) is 46.2 Å². The van der Waals surface area contributed by atoms with Crippen LogP contribution in [0.1, 0.15) is 11.1 Å². The van der Waals surface area contributed by atoms with Gasteiger partial charge in [-0.2, -0.15) is 0 Å². The minimum absolute atomic E-state index is 0.0236. The van der Waals surface area contributed by atoms with Gasteiger partial charge >= 0.3 is 0 Å². The molecule has 5 nitrogen and oxygen atoms in total. The van der Waals surface area contributed by atoms with Crippen molar-refractivity contribution in [2.75, 3.05) is 41.0 Å². The van der Waals surface area contributed by atoms with Gasteiger partial charge in [-0.1, -0.05) is 56.1 Å². The van der Waals surface area contributed by atoms with Gasteiger partial charge in [0.1, 0.15) is 13.6 Å². The molecule has 0 bridgehead atoms. The highest BCUT2D eigenvalue weighted by atomic mass is 79.9. The van der Waals surface area contributed by atoms with E-state index in [1.807, 2.05) is 24.3 Å². The summed E-state index contributed by atoms with van der Waals surface area (Å²) >= 11 is 6.88. The molecule has 2 aromatic carbocycles. The minimum Gasteiger partial charge on any atom is -0.379 e. The van der Waals surface area contributed by atoms with Gasteiger partial charge in [0.05, 0.1) is 25.4 Å². The second-order valence-corrected chi connectivity index (χ2v) is 8.39. The van der Waals surface area contributed by atoms with Crippen molar-refractivity contribution < 1.29 is 23.7 Å². The zero-order valence-electron chi connectivity index (χ0n) is 16.8. The number of halogens is 2. The second-order valence-electron chi connectivity index (χ2n) is 6.56. The molecule has 2 aromatic rings. The number of hydrogen-bond acceptors (Lipinski definition) is 5. The lowest BCUT2D eigenvalue weighted by Crippen LogP contribution is -2.23. The molecule has 0 aliphatic rings. The molecule has 0 aromatic heterocycles. The van der Waals surface area contributed by atoms with Gasteiger partial charge in [-0.05, 0) is 35.4 Å². The molecule has 7 heteroatoms. The number of rotatable bonds is 14. The lowest BCUT2D eigenvalue weighted by atomic mass is 10.1. The first kappa shape index (κ1) is 24.5. The van der Waals surface area contributed by atoms with Gasteiger partial charge in [-0.3, -0.25) is 0 Å². The van der Waals surface area contributed by atoms with Gasteiger partial charge < -0.3 is 23.7 Å². The van der Waals surface area contributed by atoms with E-state index in [9.17, 15) is 0 Å². The lowest BCUT2D eigenvalue weighted by Gasteiger charge is -2.17. The van der Waals surface area contributed by atoms with Gasteiger partial charge in [-0.25, -0.2) is 0 Å². The van der Waals surface area contributed by atoms with Crippen LogP contribution in [0.5, 0.6) is 0 Å². The molecule has 0 fully saturated rings. The summed E-state index contributed by atoms with van der Waals surface area (Å²) in [4.78, 5) is 0. The van der Waals surface area contributed by atoms with E-state index in [4.69, 9.17) is 23.7 Å². The maximum absolute atomic E-state index is 5.55. The predicted molar refractivity (Wildman–Crippen MR) is 120 cm³/mol. The van der Waals surface area contributed by atoms with E-state index in [0.717, 1.165) is 21.8 Å². The first-order valence-electron chi connectivity index (χ1n) is 9.38. The second kappa shape index (κ2) is 14.2. The molecule has 2 atom stereocenters. The first-order valence-corrected chi connectivity index (χ1v) is 11.0. The predicted octanol–water partition coefficient (Wildman–Crippen LogP) is 4.99. The fourth-order valence-corrected chi connectivity index (χ4v) is 3.23. The standard InChI is InChI=1S/C22H28Br2O5/c1-25-21(11-17-3-7-19(23)8-4-17)13-27-15-29-16-28-14-22(26-2)12-18-5-9-20(24)10-6-18/h3-10,21-22H,11-16H2,1-2H3. The van der Waals surface area contributed by atoms with Crippen molar-refractivity contribution in [2.24, 2.45) is 0 Å². The Morgan fingerprint density at radius 1 is 0.621 bits per heavy atom. The van der Waals surface area contributed by atoms with Gasteiger partial charge in [0, 0.05) is 36.0 Å². The quantitative estimate of drug-likeness (QED) is 0.254. The van der Waals surface area contributed by atoms with Crippen LogP contribution >= 0.6 is 31.9 Å². The third-order valence-electron chi connectivity index (χ3n) is 4.36. The number of methoxy groups -OCH3 is 2. The third kappa shape index (κ3) is 10.2. The van der Waals surface area contributed by atoms with E-state index < -0.39 is 0 Å². The number of benzene rings is 2. The van der Waals surface area contributed by atoms with Crippen LogP contribution < -0.4 is 0 Å². The van der Waals surface area contributed by atoms with Crippen molar-refractivity contribution in [2.45, 2.75) is 25.0 Å². The van der Waals surface area contributed by atoms with Gasteiger partial charge in [0.15, 0.2) is 0 Å². The minimum atomic E-state index is -0.0236. The Kier molecular flexibility index (Phi) is 12.0. The fourth-order valence-electron chi connectivity index (χ4n) is 2.70. The van der Waals surface area contributed by atoms with Gasteiger partial charge in [0.25, 0.3) is 0 Å². The molecule has 0 radical (unpaired) electrons. The van der Waals surface area contributed by atoms with E-state index in [-0.39, 0.29) is 25.8 Å². The Hall–Kier alpha value is -0.800. The summed E-state index contributed by atoms with van der Waals surface area (Å²) in [7, 11) is 3.38. The summed E-state index contributed by atoms with van der Waals surface area (Å²) in [6, 6.07) is 16.4. The van der Waals surface area contributed by atoms with Crippen molar-refractivity contribution in [1.82, 2.24) is 0 Å². The molecule has 0 heterocycles. The smallest absolute Gasteiger partial charge is 0.149 e. The average molecular weight is 532 g/mol. The molecule has 0 N–H and O–H groups in total. The summed E-state index contributed by atoms with van der Waals surface area (Å²) < 4.78 is 29.6. The van der Waals surface area contributed by atoms with Crippen LogP contribution in [0.25, 0.3) is 0 Å². The molecule has 0 saturated carbocycles. The Morgan fingerprint density at radius 3 is 1.34 bits per heavy atom. The molecule has 0 saturated heterocycles. The Morgan fingerprint density at radius 2 is 1.00 bits per heavy atom. The zero-order valence-corrected chi connectivity index (χ0v) is 20.0. The van der Waals surface area contributed by atoms with Crippen LogP contribution in [0.4, 0.5) is 0 Å². The SMILES string of the molecule is COC(COCOCOCC(Cc1ccc(Br)cc1)OC)Cc1ccc(Br)cc1. The maximum Gasteiger partial charge on any atom is 0.149 e. The van der Waals surface area contributed by atoms with E-state index in [1.54, 1.807) is 14.2 Å². The van der Waals surface area contributed by atoms with E-state index in [1.165, 1.54) is 11.1 Å². The summed E-state index contributed by atoms with van der Waals surface area (Å²) in [5.74, 6) is 0. The molecular weight excluding hydrogens is 504 g/mol. The molecule has 0 spiro atoms. The van der Waals surface area contributed by atoms with Crippen LogP contribution in [0.15, 0.2) is 57.5 Å². The first-order chi connectivity index (χ1) is 14.1. The fraction of sp³-hybridized carbons (Fsp3) is 0.455. The molecule has 0 amide bonds. The van der Waals surface area contributed by atoms with Crippen LogP contribution in [0.2, 0.25) is 0 Å². The molecule has 0 aliphatic heterocycles. The third-order valence-corrected chi connectivity index (χ3v) is 5.42. The van der Waals surface area contributed by atoms with Crippen molar-refractivity contribution in [3.63, 3.8) is 0 Å². The monoisotopic (exact) mass is 530 g/mol. The van der Waals surface area contributed by atoms with Gasteiger partial charge in [0.2, 0.25) is 0 Å². The summed E-state index contributed by atoms with van der Waals surface area (Å²) in [6.07, 6.45) is 1.52. The Bertz CT molecular complexity index is 619. The largest absolute Gasteiger partial charge is 0.379 e. The summed E-state index contributed by atoms with van der Waals surface area (Å²) in [6.45, 7) is 1.22. The number of hydrogen-bond donors (Lipinski definition) is 0. The molecule has 2 rings (SSSR count). The normalized spacial score (nSPS) is 13.4. The van der Waals surface area contributed by atoms with E-state index in [0.29, 0.717) is 13.2 Å². The number of ether oxygens (including phenoxy) is 5. The van der Waals surface area contributed by atoms with Crippen molar-refractivity contribution in [1.29, 1.82) is 0 Å².